The molecule has 1 aliphatic heterocycles. The number of hydrogen-bond donors (Lipinski definition) is 0. The summed E-state index contributed by atoms with van der Waals surface area (Å²) in [5, 5.41) is 9.42. The summed E-state index contributed by atoms with van der Waals surface area (Å²) in [5.74, 6) is 1.22. The molecule has 0 radical (unpaired) electrons. The van der Waals surface area contributed by atoms with Gasteiger partial charge in [-0.05, 0) is 35.4 Å². The van der Waals surface area contributed by atoms with Gasteiger partial charge in [-0.15, -0.1) is 0 Å². The van der Waals surface area contributed by atoms with Crippen LogP contribution in [0.3, 0.4) is 0 Å². The smallest absolute Gasteiger partial charge is 0.145 e. The maximum Gasteiger partial charge on any atom is 0.145 e. The summed E-state index contributed by atoms with van der Waals surface area (Å²) in [5.41, 5.74) is 3.55. The Labute approximate surface area is 157 Å². The van der Waals surface area contributed by atoms with Gasteiger partial charge in [0.05, 0.1) is 36.9 Å². The van der Waals surface area contributed by atoms with Crippen LogP contribution < -0.4 is 4.74 Å². The molecule has 0 N–H and O–H groups in total. The Hall–Kier alpha value is -3.72. The second kappa shape index (κ2) is 7.67. The van der Waals surface area contributed by atoms with Crippen LogP contribution in [0.1, 0.15) is 22.4 Å². The molecule has 2 heterocycles. The first-order valence-electron chi connectivity index (χ1n) is 8.59. The van der Waals surface area contributed by atoms with E-state index < -0.39 is 0 Å². The molecule has 4 bridgehead atoms. The van der Waals surface area contributed by atoms with Crippen molar-refractivity contribution in [1.82, 2.24) is 9.55 Å². The molecule has 0 saturated carbocycles. The predicted molar refractivity (Wildman–Crippen MR) is 103 cm³/mol. The Morgan fingerprint density at radius 1 is 1.00 bits per heavy atom. The molecular formula is C21H17N5O. The summed E-state index contributed by atoms with van der Waals surface area (Å²) in [6, 6.07) is 15.5. The molecular weight excluding hydrogens is 338 g/mol. The number of fused-ring (bicyclic) bond motifs is 5. The number of aromatic nitrogens is 2. The van der Waals surface area contributed by atoms with Crippen LogP contribution in [-0.4, -0.2) is 22.0 Å². The average Bonchev–Trinajstić information content (AvgIpc) is 3.11. The first-order chi connectivity index (χ1) is 13.3. The maximum absolute atomic E-state index is 9.42. The van der Waals surface area contributed by atoms with Gasteiger partial charge in [0.15, 0.2) is 0 Å². The molecule has 6 heteroatoms. The highest BCUT2D eigenvalue weighted by Crippen LogP contribution is 2.27. The molecule has 1 aliphatic rings. The van der Waals surface area contributed by atoms with Crippen molar-refractivity contribution >= 4 is 12.4 Å². The van der Waals surface area contributed by atoms with E-state index in [0.717, 1.165) is 16.8 Å². The Morgan fingerprint density at radius 3 is 2.78 bits per heavy atom. The zero-order valence-electron chi connectivity index (χ0n) is 14.6. The van der Waals surface area contributed by atoms with Crippen molar-refractivity contribution in [2.45, 2.75) is 19.6 Å². The van der Waals surface area contributed by atoms with Crippen molar-refractivity contribution in [3.05, 3.63) is 77.4 Å². The molecule has 6 nitrogen and oxygen atoms in total. The topological polar surface area (TPSA) is 75.6 Å². The van der Waals surface area contributed by atoms with E-state index >= 15 is 0 Å². The number of hydrogen-bond acceptors (Lipinski definition) is 5. The maximum atomic E-state index is 9.42. The molecule has 0 atom stereocenters. The van der Waals surface area contributed by atoms with Gasteiger partial charge in [-0.3, -0.25) is 9.98 Å². The fourth-order valence-electron chi connectivity index (χ4n) is 2.89. The molecule has 3 aromatic rings. The van der Waals surface area contributed by atoms with Crippen LogP contribution in [-0.2, 0) is 19.6 Å². The van der Waals surface area contributed by atoms with Gasteiger partial charge in [0, 0.05) is 19.0 Å². The van der Waals surface area contributed by atoms with Gasteiger partial charge in [0.2, 0.25) is 0 Å². The molecule has 0 aliphatic carbocycles. The summed E-state index contributed by atoms with van der Waals surface area (Å²) in [7, 11) is 0. The number of ether oxygens (including phenoxy) is 1. The van der Waals surface area contributed by atoms with Gasteiger partial charge in [0.25, 0.3) is 0 Å². The third kappa shape index (κ3) is 3.93. The Morgan fingerprint density at radius 2 is 1.89 bits per heavy atom. The van der Waals surface area contributed by atoms with E-state index in [1.54, 1.807) is 24.8 Å². The van der Waals surface area contributed by atoms with Gasteiger partial charge in [-0.2, -0.15) is 5.26 Å². The van der Waals surface area contributed by atoms with Gasteiger partial charge < -0.3 is 9.30 Å². The van der Waals surface area contributed by atoms with Gasteiger partial charge in [-0.25, -0.2) is 4.98 Å². The number of benzene rings is 2. The second-order valence-corrected chi connectivity index (χ2v) is 6.18. The molecule has 2 aromatic carbocycles. The zero-order chi connectivity index (χ0) is 18.5. The molecule has 0 amide bonds. The van der Waals surface area contributed by atoms with Gasteiger partial charge in [0.1, 0.15) is 17.6 Å². The van der Waals surface area contributed by atoms with Gasteiger partial charge >= 0.3 is 0 Å². The summed E-state index contributed by atoms with van der Waals surface area (Å²) in [4.78, 5) is 13.0. The van der Waals surface area contributed by atoms with Crippen LogP contribution in [0.5, 0.6) is 11.5 Å². The first-order valence-corrected chi connectivity index (χ1v) is 8.59. The number of imidazole rings is 1. The van der Waals surface area contributed by atoms with Crippen molar-refractivity contribution in [3.63, 3.8) is 0 Å². The molecule has 4 rings (SSSR count). The van der Waals surface area contributed by atoms with Crippen LogP contribution in [0.4, 0.5) is 0 Å². The number of nitriles is 1. The molecule has 132 valence electrons. The minimum absolute atomic E-state index is 0.499. The Balaban J connectivity index is 1.76. The summed E-state index contributed by atoms with van der Waals surface area (Å²) in [6.45, 7) is 1.69. The van der Waals surface area contributed by atoms with Crippen LogP contribution >= 0.6 is 0 Å². The average molecular weight is 355 g/mol. The monoisotopic (exact) mass is 355 g/mol. The number of nitrogens with zero attached hydrogens (tertiary/aromatic N) is 5. The van der Waals surface area contributed by atoms with E-state index in [2.05, 4.69) is 21.0 Å². The normalized spacial score (nSPS) is 15.8. The molecule has 1 aromatic heterocycles. The van der Waals surface area contributed by atoms with Crippen LogP contribution in [0.2, 0.25) is 0 Å². The fourth-order valence-corrected chi connectivity index (χ4v) is 2.89. The molecule has 0 saturated heterocycles. The van der Waals surface area contributed by atoms with Crippen molar-refractivity contribution in [1.29, 1.82) is 5.26 Å². The van der Waals surface area contributed by atoms with Crippen LogP contribution in [0.25, 0.3) is 0 Å². The van der Waals surface area contributed by atoms with Crippen molar-refractivity contribution in [3.8, 4) is 17.6 Å². The van der Waals surface area contributed by atoms with Gasteiger partial charge in [-0.1, -0.05) is 18.2 Å². The van der Waals surface area contributed by atoms with Crippen molar-refractivity contribution < 1.29 is 4.74 Å². The zero-order valence-corrected chi connectivity index (χ0v) is 14.6. The first kappa shape index (κ1) is 16.7. The SMILES string of the molecule is N#Cc1ccc2cc1Oc1cccc(c1)C/N=C\C=N/Cc1cncn1C2. The second-order valence-electron chi connectivity index (χ2n) is 6.18. The summed E-state index contributed by atoms with van der Waals surface area (Å²) < 4.78 is 8.06. The van der Waals surface area contributed by atoms with Crippen molar-refractivity contribution in [2.24, 2.45) is 9.98 Å². The van der Waals surface area contributed by atoms with E-state index in [0.29, 0.717) is 36.7 Å². The summed E-state index contributed by atoms with van der Waals surface area (Å²) in [6.07, 6.45) is 7.01. The highest BCUT2D eigenvalue weighted by molar-refractivity contribution is 6.15. The third-order valence-electron chi connectivity index (χ3n) is 4.25. The molecule has 0 unspecified atom stereocenters. The van der Waals surface area contributed by atoms with Crippen molar-refractivity contribution in [2.75, 3.05) is 0 Å². The third-order valence-corrected chi connectivity index (χ3v) is 4.25. The lowest BCUT2D eigenvalue weighted by molar-refractivity contribution is 0.479. The highest BCUT2D eigenvalue weighted by Gasteiger charge is 2.09. The van der Waals surface area contributed by atoms with E-state index in [9.17, 15) is 5.26 Å². The minimum Gasteiger partial charge on any atom is -0.456 e. The lowest BCUT2D eigenvalue weighted by atomic mass is 10.1. The van der Waals surface area contributed by atoms with E-state index in [-0.39, 0.29) is 0 Å². The predicted octanol–water partition coefficient (Wildman–Crippen LogP) is 3.75. The minimum atomic E-state index is 0.499. The number of rotatable bonds is 0. The number of aliphatic imine (C=N–C) groups is 2. The Kier molecular flexibility index (Phi) is 4.75. The van der Waals surface area contributed by atoms with Crippen LogP contribution in [0, 0.1) is 11.3 Å². The molecule has 27 heavy (non-hydrogen) atoms. The fraction of sp³-hybridized carbons (Fsp3) is 0.143. The van der Waals surface area contributed by atoms with E-state index in [4.69, 9.17) is 4.74 Å². The molecule has 0 spiro atoms. The quantitative estimate of drug-likeness (QED) is 0.616. The Bertz CT molecular complexity index is 1060. The lowest BCUT2D eigenvalue weighted by Crippen LogP contribution is -2.03. The van der Waals surface area contributed by atoms with Crippen LogP contribution in [0.15, 0.2) is 65.0 Å². The summed E-state index contributed by atoms with van der Waals surface area (Å²) >= 11 is 0. The largest absolute Gasteiger partial charge is 0.456 e. The lowest BCUT2D eigenvalue weighted by Gasteiger charge is -2.12. The standard InChI is InChI=1S/C21H17N5O/c22-10-18-5-4-17-9-21(18)27-20-3-1-2-16(8-20)11-23-6-7-24-12-19-13-25-15-26(19)14-17/h1-9,13,15H,11-12,14H2/b23-6-,24-7-. The molecule has 0 fully saturated rings. The highest BCUT2D eigenvalue weighted by atomic mass is 16.5. The van der Waals surface area contributed by atoms with E-state index in [1.165, 1.54) is 0 Å². The van der Waals surface area contributed by atoms with E-state index in [1.807, 2.05) is 47.2 Å².